The number of nitrogens with one attached hydrogen (secondary N) is 1. The largest absolute Gasteiger partial charge is 0.383 e. The molecule has 0 aliphatic carbocycles. The Balaban J connectivity index is 2.21. The van der Waals surface area contributed by atoms with Crippen LogP contribution < -0.4 is 5.32 Å². The minimum Gasteiger partial charge on any atom is -0.383 e. The van der Waals surface area contributed by atoms with Crippen molar-refractivity contribution in [3.05, 3.63) is 0 Å². The van der Waals surface area contributed by atoms with Crippen LogP contribution in [0.15, 0.2) is 0 Å². The second kappa shape index (κ2) is 7.17. The average Bonchev–Trinajstić information content (AvgIpc) is 2.29. The first-order valence-corrected chi connectivity index (χ1v) is 5.71. The van der Waals surface area contributed by atoms with Crippen LogP contribution in [0, 0.1) is 0 Å². The highest BCUT2D eigenvalue weighted by Crippen LogP contribution is 2.12. The van der Waals surface area contributed by atoms with E-state index in [0.717, 1.165) is 39.1 Å². The minimum absolute atomic E-state index is 0.439. The molecule has 4 heteroatoms. The normalized spacial score (nSPS) is 21.8. The molecule has 0 aromatic carbocycles. The second-order valence-electron chi connectivity index (χ2n) is 4.18. The number of nitrogens with zero attached hydrogens (tertiary/aromatic N) is 1. The molecule has 1 N–H and O–H groups in total. The minimum atomic E-state index is 0.439. The highest BCUT2D eigenvalue weighted by molar-refractivity contribution is 4.76. The molecule has 0 radical (unpaired) electrons. The summed E-state index contributed by atoms with van der Waals surface area (Å²) in [6, 6.07) is 0.439. The summed E-state index contributed by atoms with van der Waals surface area (Å²) in [5.74, 6) is 0. The van der Waals surface area contributed by atoms with Gasteiger partial charge in [0.05, 0.1) is 12.7 Å². The first-order chi connectivity index (χ1) is 7.30. The number of piperidine rings is 1. The van der Waals surface area contributed by atoms with Crippen LogP contribution in [0.5, 0.6) is 0 Å². The van der Waals surface area contributed by atoms with E-state index in [1.54, 1.807) is 7.11 Å². The highest BCUT2D eigenvalue weighted by atomic mass is 16.5. The Morgan fingerprint density at radius 3 is 2.47 bits per heavy atom. The third-order valence-electron chi connectivity index (χ3n) is 3.12. The lowest BCUT2D eigenvalue weighted by Gasteiger charge is -2.33. The summed E-state index contributed by atoms with van der Waals surface area (Å²) < 4.78 is 10.5. The molecule has 1 aliphatic heterocycles. The van der Waals surface area contributed by atoms with Crippen molar-refractivity contribution in [1.29, 1.82) is 0 Å². The fourth-order valence-electron chi connectivity index (χ4n) is 2.07. The number of likely N-dealkylation sites (N-methyl/N-ethyl adjacent to an activating group) is 1. The zero-order chi connectivity index (χ0) is 11.1. The standard InChI is InChI=1S/C11H24N2O2/c1-12-10(9-14-2)8-13-6-4-11(15-3)5-7-13/h10-12H,4-9H2,1-3H3. The van der Waals surface area contributed by atoms with Gasteiger partial charge in [0, 0.05) is 39.9 Å². The molecule has 1 saturated heterocycles. The summed E-state index contributed by atoms with van der Waals surface area (Å²) in [4.78, 5) is 2.48. The first kappa shape index (κ1) is 12.9. The van der Waals surface area contributed by atoms with Crippen LogP contribution in [-0.2, 0) is 9.47 Å². The van der Waals surface area contributed by atoms with Gasteiger partial charge >= 0.3 is 0 Å². The van der Waals surface area contributed by atoms with Gasteiger partial charge in [0.25, 0.3) is 0 Å². The molecule has 1 aliphatic rings. The molecule has 0 bridgehead atoms. The van der Waals surface area contributed by atoms with E-state index in [1.807, 2.05) is 14.2 Å². The van der Waals surface area contributed by atoms with Crippen molar-refractivity contribution < 1.29 is 9.47 Å². The van der Waals surface area contributed by atoms with E-state index in [4.69, 9.17) is 9.47 Å². The summed E-state index contributed by atoms with van der Waals surface area (Å²) in [5.41, 5.74) is 0. The first-order valence-electron chi connectivity index (χ1n) is 5.71. The van der Waals surface area contributed by atoms with Crippen molar-refractivity contribution in [2.45, 2.75) is 25.0 Å². The molecule has 90 valence electrons. The van der Waals surface area contributed by atoms with Crippen molar-refractivity contribution >= 4 is 0 Å². The maximum atomic E-state index is 5.35. The molecule has 0 saturated carbocycles. The van der Waals surface area contributed by atoms with Crippen LogP contribution in [0.3, 0.4) is 0 Å². The third-order valence-corrected chi connectivity index (χ3v) is 3.12. The molecule has 1 rings (SSSR count). The molecule has 0 aromatic rings. The lowest BCUT2D eigenvalue weighted by Crippen LogP contribution is -2.46. The quantitative estimate of drug-likeness (QED) is 0.694. The van der Waals surface area contributed by atoms with Gasteiger partial charge in [-0.2, -0.15) is 0 Å². The molecule has 0 aromatic heterocycles. The Bertz CT molecular complexity index is 159. The van der Waals surface area contributed by atoms with Crippen molar-refractivity contribution in [1.82, 2.24) is 10.2 Å². The van der Waals surface area contributed by atoms with Crippen molar-refractivity contribution in [3.8, 4) is 0 Å². The second-order valence-corrected chi connectivity index (χ2v) is 4.18. The molecular weight excluding hydrogens is 192 g/mol. The van der Waals surface area contributed by atoms with E-state index in [0.29, 0.717) is 12.1 Å². The third kappa shape index (κ3) is 4.47. The molecule has 0 spiro atoms. The van der Waals surface area contributed by atoms with Crippen molar-refractivity contribution in [2.75, 3.05) is 47.5 Å². The van der Waals surface area contributed by atoms with E-state index >= 15 is 0 Å². The van der Waals surface area contributed by atoms with E-state index in [2.05, 4.69) is 10.2 Å². The van der Waals surface area contributed by atoms with Gasteiger partial charge in [-0.25, -0.2) is 0 Å². The van der Waals surface area contributed by atoms with E-state index in [-0.39, 0.29) is 0 Å². The zero-order valence-electron chi connectivity index (χ0n) is 10.2. The Morgan fingerprint density at radius 1 is 1.33 bits per heavy atom. The van der Waals surface area contributed by atoms with Crippen molar-refractivity contribution in [3.63, 3.8) is 0 Å². The Morgan fingerprint density at radius 2 is 2.00 bits per heavy atom. The van der Waals surface area contributed by atoms with Gasteiger partial charge in [-0.1, -0.05) is 0 Å². The SMILES string of the molecule is CNC(COC)CN1CCC(OC)CC1. The molecular formula is C11H24N2O2. The van der Waals surface area contributed by atoms with Gasteiger partial charge in [-0.15, -0.1) is 0 Å². The molecule has 4 nitrogen and oxygen atoms in total. The summed E-state index contributed by atoms with van der Waals surface area (Å²) in [5, 5.41) is 3.28. The fourth-order valence-corrected chi connectivity index (χ4v) is 2.07. The zero-order valence-corrected chi connectivity index (χ0v) is 10.2. The monoisotopic (exact) mass is 216 g/mol. The van der Waals surface area contributed by atoms with Gasteiger partial charge in [-0.3, -0.25) is 0 Å². The van der Waals surface area contributed by atoms with Crippen LogP contribution in [0.2, 0.25) is 0 Å². The number of hydrogen-bond acceptors (Lipinski definition) is 4. The van der Waals surface area contributed by atoms with Gasteiger partial charge in [0.2, 0.25) is 0 Å². The lowest BCUT2D eigenvalue weighted by molar-refractivity contribution is 0.0348. The number of ether oxygens (including phenoxy) is 2. The number of hydrogen-bond donors (Lipinski definition) is 1. The summed E-state index contributed by atoms with van der Waals surface area (Å²) in [7, 11) is 5.55. The Hall–Kier alpha value is -0.160. The number of likely N-dealkylation sites (tertiary alicyclic amines) is 1. The predicted molar refractivity (Wildman–Crippen MR) is 61.2 cm³/mol. The van der Waals surface area contributed by atoms with E-state index < -0.39 is 0 Å². The summed E-state index contributed by atoms with van der Waals surface area (Å²) in [6.07, 6.45) is 2.77. The topological polar surface area (TPSA) is 33.7 Å². The maximum Gasteiger partial charge on any atom is 0.0628 e. The fraction of sp³-hybridized carbons (Fsp3) is 1.00. The average molecular weight is 216 g/mol. The highest BCUT2D eigenvalue weighted by Gasteiger charge is 2.20. The molecule has 1 fully saturated rings. The lowest BCUT2D eigenvalue weighted by atomic mass is 10.1. The Kier molecular flexibility index (Phi) is 6.17. The summed E-state index contributed by atoms with van der Waals surface area (Å²) >= 11 is 0. The van der Waals surface area contributed by atoms with Crippen LogP contribution in [-0.4, -0.2) is 64.6 Å². The van der Waals surface area contributed by atoms with Gasteiger partial charge in [-0.05, 0) is 19.9 Å². The number of rotatable bonds is 6. The van der Waals surface area contributed by atoms with Crippen LogP contribution >= 0.6 is 0 Å². The summed E-state index contributed by atoms with van der Waals surface area (Å²) in [6.45, 7) is 4.13. The van der Waals surface area contributed by atoms with E-state index in [1.165, 1.54) is 0 Å². The van der Waals surface area contributed by atoms with Crippen LogP contribution in [0.4, 0.5) is 0 Å². The van der Waals surface area contributed by atoms with Gasteiger partial charge in [0.1, 0.15) is 0 Å². The van der Waals surface area contributed by atoms with Crippen molar-refractivity contribution in [2.24, 2.45) is 0 Å². The molecule has 1 unspecified atom stereocenters. The smallest absolute Gasteiger partial charge is 0.0628 e. The van der Waals surface area contributed by atoms with E-state index in [9.17, 15) is 0 Å². The molecule has 1 atom stereocenters. The molecule has 1 heterocycles. The van der Waals surface area contributed by atoms with Crippen LogP contribution in [0.25, 0.3) is 0 Å². The Labute approximate surface area is 92.9 Å². The van der Waals surface area contributed by atoms with Gasteiger partial charge < -0.3 is 19.7 Å². The molecule has 15 heavy (non-hydrogen) atoms. The van der Waals surface area contributed by atoms with Gasteiger partial charge in [0.15, 0.2) is 0 Å². The van der Waals surface area contributed by atoms with Crippen LogP contribution in [0.1, 0.15) is 12.8 Å². The molecule has 0 amide bonds. The predicted octanol–water partition coefficient (Wildman–Crippen LogP) is 0.332. The maximum absolute atomic E-state index is 5.35. The number of methoxy groups -OCH3 is 2.